The van der Waals surface area contributed by atoms with Crippen LogP contribution in [-0.4, -0.2) is 36.1 Å². The SMILES string of the molecule is Cc1nc(C)c(C(=O)N(c2ccc(F)cc2)[C@H](C(=O)NC[C@H]2CCCO2)c2ccccc2)s1. The van der Waals surface area contributed by atoms with Crippen molar-refractivity contribution in [2.24, 2.45) is 0 Å². The number of aryl methyl sites for hydroxylation is 2. The third kappa shape index (κ3) is 5.29. The van der Waals surface area contributed by atoms with Crippen LogP contribution in [-0.2, 0) is 9.53 Å². The fourth-order valence-electron chi connectivity index (χ4n) is 3.99. The van der Waals surface area contributed by atoms with E-state index in [0.717, 1.165) is 17.8 Å². The maximum atomic E-state index is 13.8. The third-order valence-corrected chi connectivity index (χ3v) is 6.63. The lowest BCUT2D eigenvalue weighted by Gasteiger charge is -2.31. The molecule has 1 N–H and O–H groups in total. The van der Waals surface area contributed by atoms with Gasteiger partial charge in [-0.2, -0.15) is 0 Å². The number of carbonyl (C=O) groups excluding carboxylic acids is 2. The van der Waals surface area contributed by atoms with Gasteiger partial charge in [0.25, 0.3) is 5.91 Å². The number of carbonyl (C=O) groups is 2. The van der Waals surface area contributed by atoms with E-state index in [9.17, 15) is 14.0 Å². The molecule has 3 aromatic rings. The van der Waals surface area contributed by atoms with Crippen molar-refractivity contribution in [1.29, 1.82) is 0 Å². The Bertz CT molecular complexity index is 1110. The van der Waals surface area contributed by atoms with Crippen molar-refractivity contribution in [2.45, 2.75) is 38.8 Å². The van der Waals surface area contributed by atoms with Gasteiger partial charge in [0.2, 0.25) is 5.91 Å². The number of nitrogens with one attached hydrogen (secondary N) is 1. The monoisotopic (exact) mass is 467 g/mol. The van der Waals surface area contributed by atoms with Crippen LogP contribution in [0.5, 0.6) is 0 Å². The second kappa shape index (κ2) is 10.2. The lowest BCUT2D eigenvalue weighted by Crippen LogP contribution is -2.45. The second-order valence-corrected chi connectivity index (χ2v) is 9.20. The third-order valence-electron chi connectivity index (χ3n) is 5.57. The molecule has 2 heterocycles. The average molecular weight is 468 g/mol. The van der Waals surface area contributed by atoms with Gasteiger partial charge in [0.15, 0.2) is 0 Å². The largest absolute Gasteiger partial charge is 0.376 e. The molecule has 1 aliphatic heterocycles. The molecule has 0 spiro atoms. The maximum absolute atomic E-state index is 13.8. The minimum atomic E-state index is -0.952. The zero-order valence-corrected chi connectivity index (χ0v) is 19.4. The minimum Gasteiger partial charge on any atom is -0.376 e. The highest BCUT2D eigenvalue weighted by atomic mass is 32.1. The average Bonchev–Trinajstić information content (AvgIpc) is 3.45. The van der Waals surface area contributed by atoms with E-state index in [4.69, 9.17) is 4.74 Å². The van der Waals surface area contributed by atoms with Crippen molar-refractivity contribution in [2.75, 3.05) is 18.1 Å². The molecule has 0 bridgehead atoms. The topological polar surface area (TPSA) is 71.5 Å². The predicted octanol–water partition coefficient (Wildman–Crippen LogP) is 4.58. The number of rotatable bonds is 7. The van der Waals surface area contributed by atoms with E-state index in [1.165, 1.54) is 40.5 Å². The highest BCUT2D eigenvalue weighted by molar-refractivity contribution is 7.13. The summed E-state index contributed by atoms with van der Waals surface area (Å²) < 4.78 is 19.4. The maximum Gasteiger partial charge on any atom is 0.271 e. The fraction of sp³-hybridized carbons (Fsp3) is 0.320. The number of hydrogen-bond acceptors (Lipinski definition) is 5. The van der Waals surface area contributed by atoms with E-state index in [0.29, 0.717) is 35.0 Å². The minimum absolute atomic E-state index is 0.0354. The van der Waals surface area contributed by atoms with Gasteiger partial charge in [-0.15, -0.1) is 11.3 Å². The molecule has 172 valence electrons. The molecule has 33 heavy (non-hydrogen) atoms. The number of benzene rings is 2. The molecule has 0 unspecified atom stereocenters. The smallest absolute Gasteiger partial charge is 0.271 e. The summed E-state index contributed by atoms with van der Waals surface area (Å²) in [4.78, 5) is 33.7. The van der Waals surface area contributed by atoms with Crippen molar-refractivity contribution < 1.29 is 18.7 Å². The second-order valence-electron chi connectivity index (χ2n) is 7.99. The summed E-state index contributed by atoms with van der Waals surface area (Å²) in [5, 5.41) is 3.73. The van der Waals surface area contributed by atoms with Crippen LogP contribution in [0.3, 0.4) is 0 Å². The first-order valence-electron chi connectivity index (χ1n) is 10.9. The Morgan fingerprint density at radius 3 is 2.52 bits per heavy atom. The van der Waals surface area contributed by atoms with Gasteiger partial charge < -0.3 is 10.1 Å². The number of hydrogen-bond donors (Lipinski definition) is 1. The molecule has 0 radical (unpaired) electrons. The van der Waals surface area contributed by atoms with E-state index < -0.39 is 11.9 Å². The zero-order chi connectivity index (χ0) is 23.4. The molecule has 1 aliphatic rings. The van der Waals surface area contributed by atoms with E-state index >= 15 is 0 Å². The van der Waals surface area contributed by atoms with Crippen LogP contribution in [0.4, 0.5) is 10.1 Å². The van der Waals surface area contributed by atoms with Crippen molar-refractivity contribution in [3.8, 4) is 0 Å². The number of aromatic nitrogens is 1. The summed E-state index contributed by atoms with van der Waals surface area (Å²) >= 11 is 1.28. The Morgan fingerprint density at radius 1 is 1.18 bits per heavy atom. The van der Waals surface area contributed by atoms with Crippen LogP contribution in [0.25, 0.3) is 0 Å². The lowest BCUT2D eigenvalue weighted by molar-refractivity contribution is -0.123. The molecular weight excluding hydrogens is 441 g/mol. The molecule has 1 saturated heterocycles. The van der Waals surface area contributed by atoms with E-state index in [2.05, 4.69) is 10.3 Å². The van der Waals surface area contributed by atoms with Crippen LogP contribution in [0.1, 0.15) is 44.8 Å². The molecule has 1 fully saturated rings. The van der Waals surface area contributed by atoms with Crippen molar-refractivity contribution >= 4 is 28.8 Å². The van der Waals surface area contributed by atoms with Crippen LogP contribution < -0.4 is 10.2 Å². The number of ether oxygens (including phenoxy) is 1. The highest BCUT2D eigenvalue weighted by Gasteiger charge is 2.35. The summed E-state index contributed by atoms with van der Waals surface area (Å²) in [5.41, 5.74) is 1.67. The van der Waals surface area contributed by atoms with Gasteiger partial charge in [-0.3, -0.25) is 14.5 Å². The first-order valence-corrected chi connectivity index (χ1v) is 11.7. The first-order chi connectivity index (χ1) is 15.9. The van der Waals surface area contributed by atoms with Gasteiger partial charge in [0, 0.05) is 18.8 Å². The Hall–Kier alpha value is -3.10. The molecule has 1 aromatic heterocycles. The lowest BCUT2D eigenvalue weighted by atomic mass is 10.0. The summed E-state index contributed by atoms with van der Waals surface area (Å²) in [5.74, 6) is -1.10. The first kappa shape index (κ1) is 23.1. The van der Waals surface area contributed by atoms with Crippen molar-refractivity contribution in [1.82, 2.24) is 10.3 Å². The zero-order valence-electron chi connectivity index (χ0n) is 18.6. The molecule has 0 aliphatic carbocycles. The van der Waals surface area contributed by atoms with Crippen molar-refractivity contribution in [3.05, 3.63) is 81.6 Å². The van der Waals surface area contributed by atoms with Crippen LogP contribution in [0.2, 0.25) is 0 Å². The summed E-state index contributed by atoms with van der Waals surface area (Å²) in [6, 6.07) is 13.8. The van der Waals surface area contributed by atoms with Gasteiger partial charge in [-0.05, 0) is 56.5 Å². The standard InChI is InChI=1S/C25H26FN3O3S/c1-16-23(33-17(2)28-16)25(31)29(20-12-10-19(26)11-13-20)22(18-7-4-3-5-8-18)24(30)27-15-21-9-6-14-32-21/h3-5,7-8,10-13,21-22H,6,9,14-15H2,1-2H3,(H,27,30)/t21-,22+/m1/s1. The Balaban J connectivity index is 1.76. The van der Waals surface area contributed by atoms with Crippen LogP contribution in [0.15, 0.2) is 54.6 Å². The predicted molar refractivity (Wildman–Crippen MR) is 126 cm³/mol. The number of halogens is 1. The number of anilines is 1. The van der Waals surface area contributed by atoms with Gasteiger partial charge in [0.05, 0.1) is 16.8 Å². The molecular formula is C25H26FN3O3S. The molecule has 2 aromatic carbocycles. The summed E-state index contributed by atoms with van der Waals surface area (Å²) in [6.45, 7) is 4.66. The molecule has 4 rings (SSSR count). The van der Waals surface area contributed by atoms with Gasteiger partial charge >= 0.3 is 0 Å². The Morgan fingerprint density at radius 2 is 1.91 bits per heavy atom. The molecule has 6 nitrogen and oxygen atoms in total. The number of thiazole rings is 1. The number of nitrogens with zero attached hydrogens (tertiary/aromatic N) is 2. The highest BCUT2D eigenvalue weighted by Crippen LogP contribution is 2.32. The van der Waals surface area contributed by atoms with Crippen molar-refractivity contribution in [3.63, 3.8) is 0 Å². The summed E-state index contributed by atoms with van der Waals surface area (Å²) in [6.07, 6.45) is 1.81. The molecule has 2 atom stereocenters. The quantitative estimate of drug-likeness (QED) is 0.552. The molecule has 8 heteroatoms. The van der Waals surface area contributed by atoms with Crippen LogP contribution in [0, 0.1) is 19.7 Å². The Labute approximate surface area is 196 Å². The van der Waals surface area contributed by atoms with Gasteiger partial charge in [-0.1, -0.05) is 30.3 Å². The van der Waals surface area contributed by atoms with Crippen LogP contribution >= 0.6 is 11.3 Å². The summed E-state index contributed by atoms with van der Waals surface area (Å²) in [7, 11) is 0. The van der Waals surface area contributed by atoms with E-state index in [-0.39, 0.29) is 17.9 Å². The molecule has 0 saturated carbocycles. The molecule has 2 amide bonds. The number of amides is 2. The normalized spacial score (nSPS) is 16.4. The fourth-order valence-corrected chi connectivity index (χ4v) is 4.85. The van der Waals surface area contributed by atoms with E-state index in [1.54, 1.807) is 6.92 Å². The van der Waals surface area contributed by atoms with Gasteiger partial charge in [-0.25, -0.2) is 9.37 Å². The van der Waals surface area contributed by atoms with E-state index in [1.807, 2.05) is 37.3 Å². The Kier molecular flexibility index (Phi) is 7.15. The van der Waals surface area contributed by atoms with Gasteiger partial charge in [0.1, 0.15) is 16.7 Å².